The number of benzene rings is 1. The van der Waals surface area contributed by atoms with Crippen molar-refractivity contribution in [3.8, 4) is 0 Å². The van der Waals surface area contributed by atoms with E-state index in [9.17, 15) is 13.5 Å². The first-order valence-electron chi connectivity index (χ1n) is 6.91. The Morgan fingerprint density at radius 2 is 1.90 bits per heavy atom. The summed E-state index contributed by atoms with van der Waals surface area (Å²) in [6.45, 7) is 10.1. The van der Waals surface area contributed by atoms with E-state index in [0.717, 1.165) is 0 Å². The fraction of sp³-hybridized carbons (Fsp3) is 0.600. The van der Waals surface area contributed by atoms with Crippen LogP contribution in [-0.2, 0) is 16.6 Å². The molecule has 0 unspecified atom stereocenters. The van der Waals surface area contributed by atoms with Crippen LogP contribution in [0.2, 0.25) is 0 Å². The summed E-state index contributed by atoms with van der Waals surface area (Å²) in [7, 11) is -3.60. The first kappa shape index (κ1) is 18.6. The summed E-state index contributed by atoms with van der Waals surface area (Å²) in [4.78, 5) is 0.209. The summed E-state index contributed by atoms with van der Waals surface area (Å²) in [6.07, 6.45) is 0. The quantitative estimate of drug-likeness (QED) is 0.799. The van der Waals surface area contributed by atoms with Gasteiger partial charge in [-0.1, -0.05) is 43.6 Å². The number of hydrogen-bond acceptors (Lipinski definition) is 3. The van der Waals surface area contributed by atoms with E-state index in [1.807, 2.05) is 13.8 Å². The van der Waals surface area contributed by atoms with Crippen molar-refractivity contribution < 1.29 is 13.5 Å². The Morgan fingerprint density at radius 1 is 1.33 bits per heavy atom. The zero-order valence-corrected chi connectivity index (χ0v) is 15.6. The molecule has 0 fully saturated rings. The van der Waals surface area contributed by atoms with Crippen LogP contribution in [0.1, 0.15) is 38.8 Å². The second-order valence-electron chi connectivity index (χ2n) is 6.33. The molecular weight excluding hydrogens is 354 g/mol. The third kappa shape index (κ3) is 4.52. The normalized spacial score (nSPS) is 13.0. The van der Waals surface area contributed by atoms with E-state index in [1.165, 1.54) is 6.07 Å². The van der Waals surface area contributed by atoms with Gasteiger partial charge in [-0.3, -0.25) is 0 Å². The predicted molar refractivity (Wildman–Crippen MR) is 88.6 cm³/mol. The van der Waals surface area contributed by atoms with Gasteiger partial charge in [0.25, 0.3) is 0 Å². The fourth-order valence-electron chi connectivity index (χ4n) is 1.64. The predicted octanol–water partition coefficient (Wildman–Crippen LogP) is 3.21. The van der Waals surface area contributed by atoms with Crippen molar-refractivity contribution in [2.75, 3.05) is 6.54 Å². The van der Waals surface area contributed by atoms with Gasteiger partial charge in [0, 0.05) is 11.0 Å². The molecule has 0 aliphatic carbocycles. The maximum absolute atomic E-state index is 12.5. The molecule has 4 nitrogen and oxygen atoms in total. The summed E-state index contributed by atoms with van der Waals surface area (Å²) in [5.41, 5.74) is 1.07. The van der Waals surface area contributed by atoms with Crippen LogP contribution < -0.4 is 4.72 Å². The maximum Gasteiger partial charge on any atom is 0.240 e. The van der Waals surface area contributed by atoms with Gasteiger partial charge in [0.1, 0.15) is 0 Å². The topological polar surface area (TPSA) is 66.4 Å². The van der Waals surface area contributed by atoms with Crippen LogP contribution in [0.5, 0.6) is 0 Å². The molecule has 0 aliphatic heterocycles. The number of rotatable bonds is 6. The molecule has 0 aliphatic rings. The lowest BCUT2D eigenvalue weighted by atomic mass is 9.81. The molecule has 0 radical (unpaired) electrons. The molecule has 0 atom stereocenters. The van der Waals surface area contributed by atoms with Crippen LogP contribution in [0.15, 0.2) is 21.5 Å². The van der Waals surface area contributed by atoms with Crippen LogP contribution in [0, 0.1) is 18.3 Å². The number of hydrogen-bond donors (Lipinski definition) is 2. The van der Waals surface area contributed by atoms with Crippen molar-refractivity contribution in [3.63, 3.8) is 0 Å². The average molecular weight is 378 g/mol. The Labute approximate surface area is 136 Å². The van der Waals surface area contributed by atoms with E-state index in [2.05, 4.69) is 34.5 Å². The smallest absolute Gasteiger partial charge is 0.240 e. The summed E-state index contributed by atoms with van der Waals surface area (Å²) in [5, 5.41) is 9.24. The molecule has 0 amide bonds. The zero-order valence-electron chi connectivity index (χ0n) is 13.2. The first-order valence-corrected chi connectivity index (χ1v) is 9.18. The van der Waals surface area contributed by atoms with Crippen molar-refractivity contribution in [1.82, 2.24) is 4.72 Å². The summed E-state index contributed by atoms with van der Waals surface area (Å²) >= 11 is 3.34. The Hall–Kier alpha value is -0.430. The van der Waals surface area contributed by atoms with Gasteiger partial charge >= 0.3 is 0 Å². The minimum absolute atomic E-state index is 0.132. The third-order valence-electron chi connectivity index (χ3n) is 4.11. The van der Waals surface area contributed by atoms with Gasteiger partial charge < -0.3 is 5.11 Å². The van der Waals surface area contributed by atoms with E-state index in [0.29, 0.717) is 28.1 Å². The highest BCUT2D eigenvalue weighted by Gasteiger charge is 2.26. The maximum atomic E-state index is 12.5. The Balaban J connectivity index is 3.12. The van der Waals surface area contributed by atoms with Crippen molar-refractivity contribution in [2.24, 2.45) is 11.3 Å². The van der Waals surface area contributed by atoms with Gasteiger partial charge in [0.15, 0.2) is 0 Å². The second kappa shape index (κ2) is 6.77. The molecule has 0 saturated carbocycles. The number of sulfonamides is 1. The van der Waals surface area contributed by atoms with Crippen molar-refractivity contribution >= 4 is 26.0 Å². The Morgan fingerprint density at radius 3 is 2.38 bits per heavy atom. The van der Waals surface area contributed by atoms with E-state index in [-0.39, 0.29) is 16.9 Å². The Kier molecular flexibility index (Phi) is 6.00. The molecule has 1 aromatic rings. The fourth-order valence-corrected chi connectivity index (χ4v) is 3.82. The van der Waals surface area contributed by atoms with Gasteiger partial charge in [-0.15, -0.1) is 0 Å². The SMILES string of the molecule is Cc1c(Br)cc(CO)cc1S(=O)(=O)NCC(C)(C)C(C)C. The van der Waals surface area contributed by atoms with Crippen molar-refractivity contribution in [1.29, 1.82) is 0 Å². The number of halogens is 1. The minimum atomic E-state index is -3.60. The number of aliphatic hydroxyl groups excluding tert-OH is 1. The molecule has 0 heterocycles. The zero-order chi connectivity index (χ0) is 16.4. The van der Waals surface area contributed by atoms with E-state index >= 15 is 0 Å². The lowest BCUT2D eigenvalue weighted by Crippen LogP contribution is -2.37. The summed E-state index contributed by atoms with van der Waals surface area (Å²) < 4.78 is 28.4. The van der Waals surface area contributed by atoms with Crippen LogP contribution in [-0.4, -0.2) is 20.1 Å². The lowest BCUT2D eigenvalue weighted by molar-refractivity contribution is 0.252. The third-order valence-corrected chi connectivity index (χ3v) is 6.46. The van der Waals surface area contributed by atoms with Crippen molar-refractivity contribution in [2.45, 2.75) is 46.1 Å². The molecule has 1 aromatic carbocycles. The molecule has 21 heavy (non-hydrogen) atoms. The largest absolute Gasteiger partial charge is 0.392 e. The standard InChI is InChI=1S/C15H24BrNO3S/c1-10(2)15(4,5)9-17-21(19,20)14-7-12(8-18)6-13(16)11(14)3/h6-7,10,17-18H,8-9H2,1-5H3. The van der Waals surface area contributed by atoms with Crippen LogP contribution in [0.25, 0.3) is 0 Å². The molecule has 6 heteroatoms. The van der Waals surface area contributed by atoms with Crippen LogP contribution >= 0.6 is 15.9 Å². The van der Waals surface area contributed by atoms with Crippen LogP contribution in [0.3, 0.4) is 0 Å². The summed E-state index contributed by atoms with van der Waals surface area (Å²) in [5.74, 6) is 0.358. The first-order chi connectivity index (χ1) is 9.51. The van der Waals surface area contributed by atoms with Gasteiger partial charge in [-0.2, -0.15) is 0 Å². The van der Waals surface area contributed by atoms with Gasteiger partial charge in [0.2, 0.25) is 10.0 Å². The molecular formula is C15H24BrNO3S. The van der Waals surface area contributed by atoms with E-state index in [1.54, 1.807) is 13.0 Å². The molecule has 0 spiro atoms. The highest BCUT2D eigenvalue weighted by atomic mass is 79.9. The Bertz CT molecular complexity index is 610. The highest BCUT2D eigenvalue weighted by molar-refractivity contribution is 9.10. The average Bonchev–Trinajstić information content (AvgIpc) is 2.39. The van der Waals surface area contributed by atoms with Gasteiger partial charge in [0.05, 0.1) is 11.5 Å². The van der Waals surface area contributed by atoms with Gasteiger partial charge in [-0.05, 0) is 41.5 Å². The van der Waals surface area contributed by atoms with Crippen LogP contribution in [0.4, 0.5) is 0 Å². The molecule has 0 saturated heterocycles. The molecule has 0 aromatic heterocycles. The van der Waals surface area contributed by atoms with E-state index < -0.39 is 10.0 Å². The van der Waals surface area contributed by atoms with E-state index in [4.69, 9.17) is 0 Å². The molecule has 1 rings (SSSR count). The van der Waals surface area contributed by atoms with Crippen molar-refractivity contribution in [3.05, 3.63) is 27.7 Å². The number of aliphatic hydroxyl groups is 1. The lowest BCUT2D eigenvalue weighted by Gasteiger charge is -2.29. The van der Waals surface area contributed by atoms with Gasteiger partial charge in [-0.25, -0.2) is 13.1 Å². The monoisotopic (exact) mass is 377 g/mol. The number of nitrogens with one attached hydrogen (secondary N) is 1. The molecule has 2 N–H and O–H groups in total. The highest BCUT2D eigenvalue weighted by Crippen LogP contribution is 2.28. The molecule has 120 valence electrons. The minimum Gasteiger partial charge on any atom is -0.392 e. The summed E-state index contributed by atoms with van der Waals surface area (Å²) in [6, 6.07) is 3.25. The second-order valence-corrected chi connectivity index (χ2v) is 8.92. The molecule has 0 bridgehead atoms.